The molecule has 102 valence electrons. The highest BCUT2D eigenvalue weighted by Gasteiger charge is 2.21. The van der Waals surface area contributed by atoms with Crippen LogP contribution in [-0.2, 0) is 4.79 Å². The maximum absolute atomic E-state index is 11.7. The molecule has 2 fully saturated rings. The van der Waals surface area contributed by atoms with Crippen molar-refractivity contribution in [3.8, 4) is 0 Å². The molecule has 0 aromatic heterocycles. The highest BCUT2D eigenvalue weighted by atomic mass is 16.2. The fraction of sp³-hybridized carbons (Fsp3) is 0.846. The quantitative estimate of drug-likeness (QED) is 0.654. The Labute approximate surface area is 108 Å². The maximum Gasteiger partial charge on any atom is 0.321 e. The van der Waals surface area contributed by atoms with E-state index < -0.39 is 0 Å². The van der Waals surface area contributed by atoms with Crippen LogP contribution in [0.2, 0.25) is 0 Å². The minimum absolute atomic E-state index is 0.153. The Balaban J connectivity index is 1.64. The van der Waals surface area contributed by atoms with Crippen LogP contribution in [0.1, 0.15) is 44.9 Å². The molecule has 1 heterocycles. The van der Waals surface area contributed by atoms with E-state index >= 15 is 0 Å². The standard InChI is InChI=1S/C13H23N3O2/c17-12(10-16-8-4-5-9-16)15-13(18)14-11-6-2-1-3-7-11/h11H,1-10H2,(H2,14,15,17,18)/p+1. The molecule has 18 heavy (non-hydrogen) atoms. The molecule has 2 rings (SSSR count). The zero-order valence-corrected chi connectivity index (χ0v) is 11.0. The topological polar surface area (TPSA) is 62.6 Å². The lowest BCUT2D eigenvalue weighted by Gasteiger charge is -2.22. The smallest absolute Gasteiger partial charge is 0.321 e. The van der Waals surface area contributed by atoms with E-state index in [9.17, 15) is 9.59 Å². The van der Waals surface area contributed by atoms with Crippen LogP contribution >= 0.6 is 0 Å². The summed E-state index contributed by atoms with van der Waals surface area (Å²) in [6.45, 7) is 2.54. The number of nitrogens with one attached hydrogen (secondary N) is 3. The van der Waals surface area contributed by atoms with Crippen molar-refractivity contribution in [2.75, 3.05) is 19.6 Å². The molecule has 3 amide bonds. The number of imide groups is 1. The Morgan fingerprint density at radius 1 is 1.00 bits per heavy atom. The summed E-state index contributed by atoms with van der Waals surface area (Å²) in [5.41, 5.74) is 0. The number of hydrogen-bond donors (Lipinski definition) is 3. The molecule has 0 unspecified atom stereocenters. The predicted octanol–water partition coefficient (Wildman–Crippen LogP) is -0.176. The van der Waals surface area contributed by atoms with Crippen molar-refractivity contribution in [3.63, 3.8) is 0 Å². The number of amides is 3. The second kappa shape index (κ2) is 6.73. The summed E-state index contributed by atoms with van der Waals surface area (Å²) in [4.78, 5) is 24.6. The van der Waals surface area contributed by atoms with Gasteiger partial charge < -0.3 is 10.2 Å². The summed E-state index contributed by atoms with van der Waals surface area (Å²) in [5.74, 6) is -0.153. The highest BCUT2D eigenvalue weighted by Crippen LogP contribution is 2.16. The SMILES string of the molecule is O=C(C[NH+]1CCCC1)NC(=O)NC1CCCCC1. The molecule has 0 spiro atoms. The van der Waals surface area contributed by atoms with Crippen LogP contribution in [0.25, 0.3) is 0 Å². The first-order valence-electron chi connectivity index (χ1n) is 7.18. The molecule has 0 atom stereocenters. The van der Waals surface area contributed by atoms with Crippen molar-refractivity contribution < 1.29 is 14.5 Å². The Morgan fingerprint density at radius 2 is 1.67 bits per heavy atom. The van der Waals surface area contributed by atoms with E-state index in [1.165, 1.54) is 37.0 Å². The summed E-state index contributed by atoms with van der Waals surface area (Å²) >= 11 is 0. The minimum Gasteiger partial charge on any atom is -0.335 e. The van der Waals surface area contributed by atoms with Gasteiger partial charge in [0.05, 0.1) is 13.1 Å². The van der Waals surface area contributed by atoms with Crippen molar-refractivity contribution >= 4 is 11.9 Å². The minimum atomic E-state index is -0.314. The Hall–Kier alpha value is -1.10. The normalized spacial score (nSPS) is 21.8. The molecular weight excluding hydrogens is 230 g/mol. The van der Waals surface area contributed by atoms with Gasteiger partial charge in [0.2, 0.25) is 0 Å². The average molecular weight is 254 g/mol. The van der Waals surface area contributed by atoms with E-state index in [2.05, 4.69) is 10.6 Å². The summed E-state index contributed by atoms with van der Waals surface area (Å²) in [6, 6.07) is -0.0591. The van der Waals surface area contributed by atoms with E-state index in [1.54, 1.807) is 0 Å². The predicted molar refractivity (Wildman–Crippen MR) is 68.3 cm³/mol. The molecule has 5 nitrogen and oxygen atoms in total. The average Bonchev–Trinajstić information content (AvgIpc) is 2.82. The third-order valence-electron chi connectivity index (χ3n) is 3.91. The molecule has 0 aromatic carbocycles. The molecular formula is C13H24N3O2+. The highest BCUT2D eigenvalue weighted by molar-refractivity contribution is 5.94. The fourth-order valence-corrected chi connectivity index (χ4v) is 2.92. The summed E-state index contributed by atoms with van der Waals surface area (Å²) in [6.07, 6.45) is 8.08. The molecule has 0 aromatic rings. The molecule has 0 bridgehead atoms. The van der Waals surface area contributed by atoms with Crippen LogP contribution < -0.4 is 15.5 Å². The van der Waals surface area contributed by atoms with Gasteiger partial charge in [-0.2, -0.15) is 0 Å². The third kappa shape index (κ3) is 4.29. The number of carbonyl (C=O) groups excluding carboxylic acids is 2. The van der Waals surface area contributed by atoms with Crippen molar-refractivity contribution in [1.82, 2.24) is 10.6 Å². The van der Waals surface area contributed by atoms with Gasteiger partial charge in [-0.25, -0.2) is 4.79 Å². The van der Waals surface area contributed by atoms with Gasteiger partial charge >= 0.3 is 6.03 Å². The van der Waals surface area contributed by atoms with Crippen molar-refractivity contribution in [2.24, 2.45) is 0 Å². The zero-order valence-electron chi connectivity index (χ0n) is 11.0. The summed E-state index contributed by atoms with van der Waals surface area (Å²) in [7, 11) is 0. The van der Waals surface area contributed by atoms with Crippen LogP contribution in [0.3, 0.4) is 0 Å². The molecule has 5 heteroatoms. The number of hydrogen-bond acceptors (Lipinski definition) is 2. The zero-order chi connectivity index (χ0) is 12.8. The second-order valence-corrected chi connectivity index (χ2v) is 5.49. The number of quaternary nitrogens is 1. The van der Waals surface area contributed by atoms with Gasteiger partial charge in [-0.1, -0.05) is 19.3 Å². The van der Waals surface area contributed by atoms with Gasteiger partial charge in [0.15, 0.2) is 6.54 Å². The van der Waals surface area contributed by atoms with Crippen LogP contribution in [0.15, 0.2) is 0 Å². The van der Waals surface area contributed by atoms with Crippen molar-refractivity contribution in [3.05, 3.63) is 0 Å². The first-order chi connectivity index (χ1) is 8.74. The fourth-order valence-electron chi connectivity index (χ4n) is 2.92. The molecule has 1 saturated heterocycles. The lowest BCUT2D eigenvalue weighted by Crippen LogP contribution is -3.11. The van der Waals surface area contributed by atoms with E-state index in [-0.39, 0.29) is 18.0 Å². The summed E-state index contributed by atoms with van der Waals surface area (Å²) in [5, 5.41) is 5.34. The van der Waals surface area contributed by atoms with E-state index in [0.717, 1.165) is 25.9 Å². The number of likely N-dealkylation sites (tertiary alicyclic amines) is 1. The lowest BCUT2D eigenvalue weighted by molar-refractivity contribution is -0.879. The van der Waals surface area contributed by atoms with E-state index in [0.29, 0.717) is 6.54 Å². The first kappa shape index (κ1) is 13.3. The van der Waals surface area contributed by atoms with Crippen molar-refractivity contribution in [1.29, 1.82) is 0 Å². The Bertz CT molecular complexity index is 295. The molecule has 0 radical (unpaired) electrons. The van der Waals surface area contributed by atoms with E-state index in [1.807, 2.05) is 0 Å². The number of carbonyl (C=O) groups is 2. The van der Waals surface area contributed by atoms with Crippen molar-refractivity contribution in [2.45, 2.75) is 51.0 Å². The third-order valence-corrected chi connectivity index (χ3v) is 3.91. The van der Waals surface area contributed by atoms with Gasteiger partial charge in [0, 0.05) is 18.9 Å². The van der Waals surface area contributed by atoms with Crippen LogP contribution in [-0.4, -0.2) is 37.6 Å². The van der Waals surface area contributed by atoms with Crippen LogP contribution in [0.4, 0.5) is 4.79 Å². The number of urea groups is 1. The van der Waals surface area contributed by atoms with Crippen LogP contribution in [0, 0.1) is 0 Å². The lowest BCUT2D eigenvalue weighted by atomic mass is 9.96. The molecule has 1 saturated carbocycles. The van der Waals surface area contributed by atoms with Gasteiger partial charge in [0.25, 0.3) is 5.91 Å². The second-order valence-electron chi connectivity index (χ2n) is 5.49. The molecule has 1 aliphatic carbocycles. The first-order valence-corrected chi connectivity index (χ1v) is 7.18. The molecule has 3 N–H and O–H groups in total. The largest absolute Gasteiger partial charge is 0.335 e. The van der Waals surface area contributed by atoms with E-state index in [4.69, 9.17) is 0 Å². The maximum atomic E-state index is 11.7. The Kier molecular flexibility index (Phi) is 4.99. The molecule has 2 aliphatic rings. The monoisotopic (exact) mass is 254 g/mol. The van der Waals surface area contributed by atoms with Gasteiger partial charge in [-0.3, -0.25) is 10.1 Å². The number of rotatable bonds is 3. The summed E-state index contributed by atoms with van der Waals surface area (Å²) < 4.78 is 0. The van der Waals surface area contributed by atoms with Gasteiger partial charge in [0.1, 0.15) is 0 Å². The van der Waals surface area contributed by atoms with Gasteiger partial charge in [-0.15, -0.1) is 0 Å². The van der Waals surface area contributed by atoms with Crippen LogP contribution in [0.5, 0.6) is 0 Å². The molecule has 1 aliphatic heterocycles. The van der Waals surface area contributed by atoms with Gasteiger partial charge in [-0.05, 0) is 12.8 Å². The Morgan fingerprint density at radius 3 is 2.33 bits per heavy atom.